The van der Waals surface area contributed by atoms with E-state index in [4.69, 9.17) is 0 Å². The Morgan fingerprint density at radius 3 is 2.73 bits per heavy atom. The van der Waals surface area contributed by atoms with Crippen molar-refractivity contribution in [2.24, 2.45) is 5.92 Å². The second-order valence-corrected chi connectivity index (χ2v) is 9.48. The lowest BCUT2D eigenvalue weighted by Crippen LogP contribution is -2.53. The van der Waals surface area contributed by atoms with E-state index in [1.807, 2.05) is 27.0 Å². The number of thiophene rings is 1. The average molecular weight is 429 g/mol. The van der Waals surface area contributed by atoms with Crippen LogP contribution in [0.5, 0.6) is 0 Å². The number of piperazine rings is 1. The maximum absolute atomic E-state index is 12.8. The number of nitrogens with one attached hydrogen (secondary N) is 1. The molecule has 2 aliphatic heterocycles. The molecule has 1 unspecified atom stereocenters. The molecule has 4 heterocycles. The van der Waals surface area contributed by atoms with Crippen molar-refractivity contribution in [3.8, 4) is 0 Å². The summed E-state index contributed by atoms with van der Waals surface area (Å²) in [6, 6.07) is 3.77. The predicted molar refractivity (Wildman–Crippen MR) is 113 cm³/mol. The molecular weight excluding hydrogens is 400 g/mol. The van der Waals surface area contributed by atoms with E-state index in [0.29, 0.717) is 24.8 Å². The number of hydrogen-bond donors (Lipinski definition) is 1. The van der Waals surface area contributed by atoms with Crippen molar-refractivity contribution in [2.45, 2.75) is 44.7 Å². The molecule has 8 nitrogen and oxygen atoms in total. The fraction of sp³-hybridized carbons (Fsp3) is 0.619. The molecule has 0 aromatic carbocycles. The van der Waals surface area contributed by atoms with E-state index in [-0.39, 0.29) is 17.9 Å². The maximum atomic E-state index is 12.8. The first-order chi connectivity index (χ1) is 14.7. The number of hydrogen-bond acceptors (Lipinski definition) is 6. The highest BCUT2D eigenvalue weighted by Gasteiger charge is 2.38. The Morgan fingerprint density at radius 1 is 1.10 bits per heavy atom. The largest absolute Gasteiger partial charge is 0.349 e. The number of fused-ring (bicyclic) bond motifs is 3. The normalized spacial score (nSPS) is 22.4. The number of aromatic nitrogens is 3. The molecular formula is C21H28N6O2S. The molecule has 1 saturated carbocycles. The van der Waals surface area contributed by atoms with Crippen molar-refractivity contribution in [3.63, 3.8) is 0 Å². The van der Waals surface area contributed by atoms with Gasteiger partial charge in [0.15, 0.2) is 5.82 Å². The van der Waals surface area contributed by atoms with Gasteiger partial charge in [0.25, 0.3) is 11.8 Å². The average Bonchev–Trinajstić information content (AvgIpc) is 3.47. The van der Waals surface area contributed by atoms with Crippen LogP contribution >= 0.6 is 11.3 Å². The zero-order chi connectivity index (χ0) is 20.5. The number of rotatable bonds is 4. The summed E-state index contributed by atoms with van der Waals surface area (Å²) in [4.78, 5) is 30.6. The van der Waals surface area contributed by atoms with Gasteiger partial charge in [0, 0.05) is 39.3 Å². The summed E-state index contributed by atoms with van der Waals surface area (Å²) in [7, 11) is 0. The van der Waals surface area contributed by atoms with E-state index in [9.17, 15) is 9.59 Å². The third-order valence-electron chi connectivity index (χ3n) is 6.68. The molecule has 0 bridgehead atoms. The van der Waals surface area contributed by atoms with E-state index in [0.717, 1.165) is 36.9 Å². The molecule has 160 valence electrons. The van der Waals surface area contributed by atoms with Gasteiger partial charge in [0.1, 0.15) is 0 Å². The van der Waals surface area contributed by atoms with Gasteiger partial charge in [-0.05, 0) is 30.2 Å². The molecule has 2 aromatic heterocycles. The molecule has 5 rings (SSSR count). The number of carbonyl (C=O) groups is 2. The van der Waals surface area contributed by atoms with Crippen molar-refractivity contribution in [1.82, 2.24) is 29.9 Å². The fourth-order valence-corrected chi connectivity index (χ4v) is 5.65. The van der Waals surface area contributed by atoms with Crippen LogP contribution in [0.15, 0.2) is 17.5 Å². The second-order valence-electron chi connectivity index (χ2n) is 8.53. The maximum Gasteiger partial charge on any atom is 0.289 e. The van der Waals surface area contributed by atoms with Gasteiger partial charge in [0.05, 0.1) is 10.9 Å². The Hall–Kier alpha value is -2.26. The monoisotopic (exact) mass is 428 g/mol. The van der Waals surface area contributed by atoms with Crippen LogP contribution in [0.2, 0.25) is 0 Å². The minimum atomic E-state index is -0.130. The molecule has 0 spiro atoms. The van der Waals surface area contributed by atoms with E-state index in [1.165, 1.54) is 43.4 Å². The van der Waals surface area contributed by atoms with Crippen LogP contribution in [0.25, 0.3) is 0 Å². The van der Waals surface area contributed by atoms with Crippen LogP contribution in [-0.2, 0) is 6.54 Å². The Morgan fingerprint density at radius 2 is 1.93 bits per heavy atom. The molecule has 2 fully saturated rings. The summed E-state index contributed by atoms with van der Waals surface area (Å²) < 4.78 is 1.95. The molecule has 2 amide bonds. The summed E-state index contributed by atoms with van der Waals surface area (Å²) in [5, 5.41) is 13.6. The SMILES string of the molecule is O=C(NCC1CCCCC1)c1nnc2n1CCN1CCN(C(=O)c3cccs3)CC21. The van der Waals surface area contributed by atoms with Gasteiger partial charge in [-0.2, -0.15) is 0 Å². The van der Waals surface area contributed by atoms with Crippen LogP contribution < -0.4 is 5.32 Å². The van der Waals surface area contributed by atoms with Crippen LogP contribution in [-0.4, -0.2) is 69.1 Å². The molecule has 3 aliphatic rings. The first kappa shape index (κ1) is 19.7. The Bertz CT molecular complexity index is 905. The molecule has 30 heavy (non-hydrogen) atoms. The number of amides is 2. The summed E-state index contributed by atoms with van der Waals surface area (Å²) in [6.45, 7) is 4.40. The van der Waals surface area contributed by atoms with Gasteiger partial charge in [-0.25, -0.2) is 0 Å². The molecule has 0 radical (unpaired) electrons. The summed E-state index contributed by atoms with van der Waals surface area (Å²) in [5.41, 5.74) is 0. The molecule has 9 heteroatoms. The zero-order valence-electron chi connectivity index (χ0n) is 17.1. The molecule has 2 aromatic rings. The van der Waals surface area contributed by atoms with E-state index >= 15 is 0 Å². The van der Waals surface area contributed by atoms with Gasteiger partial charge in [-0.3, -0.25) is 14.5 Å². The lowest BCUT2D eigenvalue weighted by atomic mass is 9.89. The Labute approximate surface area is 180 Å². The Balaban J connectivity index is 1.28. The van der Waals surface area contributed by atoms with Gasteiger partial charge in [-0.1, -0.05) is 25.3 Å². The summed E-state index contributed by atoms with van der Waals surface area (Å²) >= 11 is 1.47. The lowest BCUT2D eigenvalue weighted by Gasteiger charge is -2.43. The highest BCUT2D eigenvalue weighted by atomic mass is 32.1. The first-order valence-electron chi connectivity index (χ1n) is 11.0. The molecule has 1 atom stereocenters. The minimum absolute atomic E-state index is 0.0104. The van der Waals surface area contributed by atoms with Crippen molar-refractivity contribution in [3.05, 3.63) is 34.0 Å². The van der Waals surface area contributed by atoms with Crippen LogP contribution in [0, 0.1) is 5.92 Å². The van der Waals surface area contributed by atoms with E-state index in [2.05, 4.69) is 20.4 Å². The van der Waals surface area contributed by atoms with Gasteiger partial charge in [0.2, 0.25) is 5.82 Å². The standard InChI is InChI=1S/C21H28N6O2S/c28-20(22-13-15-5-2-1-3-6-15)19-24-23-18-16-14-26(21(29)17-7-4-12-30-17)9-8-25(16)10-11-27(18)19/h4,7,12,15-16H,1-3,5-6,8-11,13-14H2,(H,22,28). The number of nitrogens with zero attached hydrogens (tertiary/aromatic N) is 5. The highest BCUT2D eigenvalue weighted by Crippen LogP contribution is 2.29. The van der Waals surface area contributed by atoms with Gasteiger partial charge >= 0.3 is 0 Å². The van der Waals surface area contributed by atoms with Crippen molar-refractivity contribution >= 4 is 23.2 Å². The predicted octanol–water partition coefficient (Wildman–Crippen LogP) is 2.16. The van der Waals surface area contributed by atoms with Crippen molar-refractivity contribution in [1.29, 1.82) is 0 Å². The van der Waals surface area contributed by atoms with Crippen molar-refractivity contribution in [2.75, 3.05) is 32.7 Å². The van der Waals surface area contributed by atoms with Crippen LogP contribution in [0.4, 0.5) is 0 Å². The lowest BCUT2D eigenvalue weighted by molar-refractivity contribution is 0.0376. The summed E-state index contributed by atoms with van der Waals surface area (Å²) in [6.07, 6.45) is 6.23. The van der Waals surface area contributed by atoms with Gasteiger partial charge < -0.3 is 14.8 Å². The molecule has 1 N–H and O–H groups in total. The van der Waals surface area contributed by atoms with Crippen LogP contribution in [0.1, 0.15) is 64.3 Å². The second kappa shape index (κ2) is 8.47. The van der Waals surface area contributed by atoms with E-state index in [1.54, 1.807) is 0 Å². The third kappa shape index (κ3) is 3.76. The number of carbonyl (C=O) groups excluding carboxylic acids is 2. The fourth-order valence-electron chi connectivity index (χ4n) is 4.96. The van der Waals surface area contributed by atoms with Gasteiger partial charge in [-0.15, -0.1) is 21.5 Å². The third-order valence-corrected chi connectivity index (χ3v) is 7.54. The molecule has 1 saturated heterocycles. The summed E-state index contributed by atoms with van der Waals surface area (Å²) in [5.74, 6) is 1.73. The van der Waals surface area contributed by atoms with Crippen molar-refractivity contribution < 1.29 is 9.59 Å². The first-order valence-corrected chi connectivity index (χ1v) is 11.9. The topological polar surface area (TPSA) is 83.4 Å². The minimum Gasteiger partial charge on any atom is -0.349 e. The van der Waals surface area contributed by atoms with E-state index < -0.39 is 0 Å². The molecule has 1 aliphatic carbocycles. The van der Waals surface area contributed by atoms with Crippen LogP contribution in [0.3, 0.4) is 0 Å². The quantitative estimate of drug-likeness (QED) is 0.807. The smallest absolute Gasteiger partial charge is 0.289 e. The Kier molecular flexibility index (Phi) is 5.56. The highest BCUT2D eigenvalue weighted by molar-refractivity contribution is 7.12. The zero-order valence-corrected chi connectivity index (χ0v) is 17.9.